The van der Waals surface area contributed by atoms with Gasteiger partial charge >= 0.3 is 0 Å². The molecule has 4 aromatic rings. The summed E-state index contributed by atoms with van der Waals surface area (Å²) >= 11 is 3.05. The van der Waals surface area contributed by atoms with Gasteiger partial charge in [-0.2, -0.15) is 0 Å². The van der Waals surface area contributed by atoms with Gasteiger partial charge in [-0.05, 0) is 38.5 Å². The summed E-state index contributed by atoms with van der Waals surface area (Å²) in [5.41, 5.74) is 0.917. The Morgan fingerprint density at radius 3 is 3.04 bits per heavy atom. The molecule has 9 heteroatoms. The molecule has 7 nitrogen and oxygen atoms in total. The zero-order valence-electron chi connectivity index (χ0n) is 14.5. The van der Waals surface area contributed by atoms with Gasteiger partial charge in [-0.3, -0.25) is 4.79 Å². The molecule has 0 radical (unpaired) electrons. The maximum atomic E-state index is 12.5. The van der Waals surface area contributed by atoms with E-state index in [1.165, 1.54) is 11.8 Å². The summed E-state index contributed by atoms with van der Waals surface area (Å²) in [6.07, 6.45) is 3.31. The summed E-state index contributed by atoms with van der Waals surface area (Å²) in [7, 11) is 0. The number of furan rings is 1. The van der Waals surface area contributed by atoms with Crippen molar-refractivity contribution in [1.82, 2.24) is 24.7 Å². The van der Waals surface area contributed by atoms with E-state index in [0.29, 0.717) is 17.8 Å². The average molecular weight is 387 g/mol. The minimum atomic E-state index is -0.0867. The Morgan fingerprint density at radius 2 is 2.27 bits per heavy atom. The van der Waals surface area contributed by atoms with Crippen molar-refractivity contribution in [2.24, 2.45) is 0 Å². The first-order valence-corrected chi connectivity index (χ1v) is 9.79. The molecule has 0 aliphatic heterocycles. The molecule has 0 saturated heterocycles. The van der Waals surface area contributed by atoms with Crippen molar-refractivity contribution in [3.05, 3.63) is 57.1 Å². The number of thioether (sulfide) groups is 1. The summed E-state index contributed by atoms with van der Waals surface area (Å²) in [4.78, 5) is 22.0. The lowest BCUT2D eigenvalue weighted by Crippen LogP contribution is -2.12. The Bertz CT molecular complexity index is 1110. The molecule has 1 N–H and O–H groups in total. The third-order valence-electron chi connectivity index (χ3n) is 4.21. The molecule has 0 unspecified atom stereocenters. The smallest absolute Gasteiger partial charge is 0.259 e. The summed E-state index contributed by atoms with van der Waals surface area (Å²) in [5.74, 6) is 1.47. The monoisotopic (exact) mass is 387 g/mol. The normalized spacial score (nSPS) is 12.7. The molecule has 0 saturated carbocycles. The molecule has 0 aliphatic carbocycles. The number of H-pyrrole nitrogens is 1. The first-order chi connectivity index (χ1) is 12.5. The minimum absolute atomic E-state index is 0.0747. The second-order valence-electron chi connectivity index (χ2n) is 6.00. The molecule has 4 heterocycles. The molecule has 134 valence electrons. The molecular formula is C17H17N5O2S2. The van der Waals surface area contributed by atoms with Crippen LogP contribution in [0.1, 0.15) is 34.2 Å². The number of aromatic amines is 1. The number of rotatable bonds is 5. The number of aromatic nitrogens is 5. The van der Waals surface area contributed by atoms with Crippen molar-refractivity contribution in [2.45, 2.75) is 37.7 Å². The van der Waals surface area contributed by atoms with Crippen LogP contribution in [0, 0.1) is 13.8 Å². The summed E-state index contributed by atoms with van der Waals surface area (Å²) < 4.78 is 7.30. The van der Waals surface area contributed by atoms with E-state index in [1.54, 1.807) is 23.9 Å². The third-order valence-corrected chi connectivity index (χ3v) is 6.42. The van der Waals surface area contributed by atoms with Gasteiger partial charge in [0, 0.05) is 4.88 Å². The number of aryl methyl sites for hydroxylation is 2. The van der Waals surface area contributed by atoms with E-state index in [0.717, 1.165) is 26.2 Å². The summed E-state index contributed by atoms with van der Waals surface area (Å²) in [6.45, 7) is 6.52. The molecule has 4 rings (SSSR count). The molecular weight excluding hydrogens is 370 g/mol. The van der Waals surface area contributed by atoms with E-state index >= 15 is 0 Å². The maximum Gasteiger partial charge on any atom is 0.259 e. The van der Waals surface area contributed by atoms with Gasteiger partial charge in [-0.15, -0.1) is 21.5 Å². The highest BCUT2D eigenvalue weighted by Gasteiger charge is 2.18. The van der Waals surface area contributed by atoms with Crippen molar-refractivity contribution in [2.75, 3.05) is 0 Å². The van der Waals surface area contributed by atoms with Gasteiger partial charge in [0.05, 0.1) is 23.4 Å². The molecule has 0 aromatic carbocycles. The minimum Gasteiger partial charge on any atom is -0.467 e. The highest BCUT2D eigenvalue weighted by Crippen LogP contribution is 2.33. The van der Waals surface area contributed by atoms with Crippen molar-refractivity contribution < 1.29 is 4.42 Å². The van der Waals surface area contributed by atoms with Crippen molar-refractivity contribution in [3.63, 3.8) is 0 Å². The number of hydrogen-bond acceptors (Lipinski definition) is 7. The lowest BCUT2D eigenvalue weighted by molar-refractivity contribution is 0.484. The van der Waals surface area contributed by atoms with Gasteiger partial charge in [-0.1, -0.05) is 11.8 Å². The predicted molar refractivity (Wildman–Crippen MR) is 102 cm³/mol. The van der Waals surface area contributed by atoms with Crippen LogP contribution in [-0.2, 0) is 6.54 Å². The van der Waals surface area contributed by atoms with E-state index in [2.05, 4.69) is 20.2 Å². The third kappa shape index (κ3) is 3.08. The fourth-order valence-electron chi connectivity index (χ4n) is 2.69. The zero-order chi connectivity index (χ0) is 18.3. The highest BCUT2D eigenvalue weighted by molar-refractivity contribution is 7.99. The Hall–Kier alpha value is -2.39. The van der Waals surface area contributed by atoms with Crippen LogP contribution in [0.4, 0.5) is 0 Å². The number of hydrogen-bond donors (Lipinski definition) is 1. The highest BCUT2D eigenvalue weighted by atomic mass is 32.2. The van der Waals surface area contributed by atoms with Crippen molar-refractivity contribution in [1.29, 1.82) is 0 Å². The maximum absolute atomic E-state index is 12.5. The van der Waals surface area contributed by atoms with Gasteiger partial charge in [0.2, 0.25) is 0 Å². The van der Waals surface area contributed by atoms with E-state index in [4.69, 9.17) is 4.42 Å². The van der Waals surface area contributed by atoms with Crippen LogP contribution in [0.5, 0.6) is 0 Å². The SMILES string of the molecule is Cc1sc2nc([C@@H](C)Sc3nncn3Cc3ccco3)[nH]c(=O)c2c1C. The molecule has 0 aliphatic rings. The average Bonchev–Trinajstić information content (AvgIpc) is 3.32. The van der Waals surface area contributed by atoms with Crippen LogP contribution in [0.25, 0.3) is 10.2 Å². The molecule has 1 atom stereocenters. The number of nitrogens with one attached hydrogen (secondary N) is 1. The second kappa shape index (κ2) is 6.73. The fourth-order valence-corrected chi connectivity index (χ4v) is 4.61. The van der Waals surface area contributed by atoms with Gasteiger partial charge in [0.25, 0.3) is 5.56 Å². The standard InChI is InChI=1S/C17H17N5O2S2/c1-9-10(2)25-16-13(9)15(23)19-14(20-16)11(3)26-17-21-18-8-22(17)7-12-5-4-6-24-12/h4-6,8,11H,7H2,1-3H3,(H,19,20,23)/t11-/m1/s1. The van der Waals surface area contributed by atoms with Crippen LogP contribution in [-0.4, -0.2) is 24.7 Å². The zero-order valence-corrected chi connectivity index (χ0v) is 16.1. The van der Waals surface area contributed by atoms with Gasteiger partial charge in [-0.25, -0.2) is 4.98 Å². The van der Waals surface area contributed by atoms with Crippen LogP contribution in [0.2, 0.25) is 0 Å². The van der Waals surface area contributed by atoms with Crippen molar-refractivity contribution >= 4 is 33.3 Å². The second-order valence-corrected chi connectivity index (χ2v) is 8.51. The molecule has 0 fully saturated rings. The van der Waals surface area contributed by atoms with E-state index in [-0.39, 0.29) is 10.8 Å². The Kier molecular flexibility index (Phi) is 4.41. The molecule has 0 bridgehead atoms. The van der Waals surface area contributed by atoms with E-state index in [1.807, 2.05) is 37.5 Å². The van der Waals surface area contributed by atoms with E-state index in [9.17, 15) is 4.79 Å². The first-order valence-electron chi connectivity index (χ1n) is 8.09. The van der Waals surface area contributed by atoms with Gasteiger partial charge < -0.3 is 14.0 Å². The Morgan fingerprint density at radius 1 is 1.42 bits per heavy atom. The Balaban J connectivity index is 1.61. The molecule has 0 amide bonds. The van der Waals surface area contributed by atoms with Crippen molar-refractivity contribution in [3.8, 4) is 0 Å². The van der Waals surface area contributed by atoms with Gasteiger partial charge in [0.15, 0.2) is 5.16 Å². The summed E-state index contributed by atoms with van der Waals surface area (Å²) in [6, 6.07) is 3.76. The number of fused-ring (bicyclic) bond motifs is 1. The fraction of sp³-hybridized carbons (Fsp3) is 0.294. The summed E-state index contributed by atoms with van der Waals surface area (Å²) in [5, 5.41) is 9.53. The van der Waals surface area contributed by atoms with E-state index < -0.39 is 0 Å². The number of nitrogens with zero attached hydrogens (tertiary/aromatic N) is 4. The van der Waals surface area contributed by atoms with Crippen LogP contribution in [0.15, 0.2) is 39.1 Å². The van der Waals surface area contributed by atoms with Crippen LogP contribution < -0.4 is 5.56 Å². The molecule has 0 spiro atoms. The Labute approximate surface area is 157 Å². The quantitative estimate of drug-likeness (QED) is 0.525. The molecule has 4 aromatic heterocycles. The topological polar surface area (TPSA) is 89.6 Å². The van der Waals surface area contributed by atoms with Gasteiger partial charge in [0.1, 0.15) is 22.7 Å². The van der Waals surface area contributed by atoms with Crippen LogP contribution >= 0.6 is 23.1 Å². The predicted octanol–water partition coefficient (Wildman–Crippen LogP) is 3.69. The lowest BCUT2D eigenvalue weighted by atomic mass is 10.2. The largest absolute Gasteiger partial charge is 0.467 e. The molecule has 26 heavy (non-hydrogen) atoms. The first kappa shape index (κ1) is 17.0. The lowest BCUT2D eigenvalue weighted by Gasteiger charge is -2.10. The van der Waals surface area contributed by atoms with Crippen LogP contribution in [0.3, 0.4) is 0 Å². The number of thiophene rings is 1.